The Hall–Kier alpha value is -0.570. The molecule has 16 heavy (non-hydrogen) atoms. The molecule has 1 saturated carbocycles. The van der Waals surface area contributed by atoms with Crippen LogP contribution in [0.25, 0.3) is 0 Å². The molecule has 0 saturated heterocycles. The minimum Gasteiger partial charge on any atom is -0.354 e. The average molecular weight is 226 g/mol. The summed E-state index contributed by atoms with van der Waals surface area (Å²) in [7, 11) is 0. The van der Waals surface area contributed by atoms with E-state index >= 15 is 0 Å². The molecule has 94 valence electrons. The van der Waals surface area contributed by atoms with E-state index in [1.54, 1.807) is 0 Å². The van der Waals surface area contributed by atoms with Gasteiger partial charge in [0.2, 0.25) is 5.91 Å². The van der Waals surface area contributed by atoms with Crippen molar-refractivity contribution in [1.82, 2.24) is 10.6 Å². The molecule has 1 aliphatic rings. The highest BCUT2D eigenvalue weighted by Gasteiger charge is 2.43. The van der Waals surface area contributed by atoms with Gasteiger partial charge in [0.1, 0.15) is 0 Å². The fraction of sp³-hybridized carbons (Fsp3) is 0.923. The Morgan fingerprint density at radius 2 is 1.81 bits per heavy atom. The minimum absolute atomic E-state index is 0.0915. The Kier molecular flexibility index (Phi) is 4.36. The van der Waals surface area contributed by atoms with Crippen LogP contribution in [0.3, 0.4) is 0 Å². The van der Waals surface area contributed by atoms with E-state index < -0.39 is 0 Å². The summed E-state index contributed by atoms with van der Waals surface area (Å²) in [6.07, 6.45) is 2.56. The number of hydrogen-bond donors (Lipinski definition) is 2. The molecule has 3 nitrogen and oxygen atoms in total. The number of hydrogen-bond acceptors (Lipinski definition) is 2. The second-order valence-electron chi connectivity index (χ2n) is 5.90. The summed E-state index contributed by atoms with van der Waals surface area (Å²) < 4.78 is 0. The SMILES string of the molecule is CC(C)CNC(=O)C(C)NC(C)C1(C)CC1. The highest BCUT2D eigenvalue weighted by Crippen LogP contribution is 2.47. The van der Waals surface area contributed by atoms with Crippen molar-refractivity contribution in [2.75, 3.05) is 6.54 Å². The highest BCUT2D eigenvalue weighted by molar-refractivity contribution is 5.81. The molecule has 2 N–H and O–H groups in total. The molecule has 0 aromatic rings. The smallest absolute Gasteiger partial charge is 0.236 e. The molecule has 1 fully saturated rings. The molecule has 1 amide bonds. The maximum atomic E-state index is 11.8. The lowest BCUT2D eigenvalue weighted by Gasteiger charge is -2.24. The van der Waals surface area contributed by atoms with Gasteiger partial charge in [-0.05, 0) is 38.0 Å². The Labute approximate surface area is 99.4 Å². The van der Waals surface area contributed by atoms with E-state index in [0.717, 1.165) is 6.54 Å². The van der Waals surface area contributed by atoms with E-state index in [4.69, 9.17) is 0 Å². The lowest BCUT2D eigenvalue weighted by atomic mass is 10.00. The first kappa shape index (κ1) is 13.5. The van der Waals surface area contributed by atoms with Gasteiger partial charge in [-0.2, -0.15) is 0 Å². The van der Waals surface area contributed by atoms with Gasteiger partial charge in [0.15, 0.2) is 0 Å². The topological polar surface area (TPSA) is 41.1 Å². The summed E-state index contributed by atoms with van der Waals surface area (Å²) in [5.74, 6) is 0.624. The van der Waals surface area contributed by atoms with Crippen LogP contribution in [0.15, 0.2) is 0 Å². The van der Waals surface area contributed by atoms with E-state index in [0.29, 0.717) is 17.4 Å². The molecule has 2 atom stereocenters. The molecular formula is C13H26N2O. The molecule has 1 aliphatic carbocycles. The molecule has 2 unspecified atom stereocenters. The predicted molar refractivity (Wildman–Crippen MR) is 67.2 cm³/mol. The highest BCUT2D eigenvalue weighted by atomic mass is 16.2. The third-order valence-corrected chi connectivity index (χ3v) is 3.66. The van der Waals surface area contributed by atoms with Crippen molar-refractivity contribution in [3.8, 4) is 0 Å². The van der Waals surface area contributed by atoms with E-state index in [1.165, 1.54) is 12.8 Å². The fourth-order valence-electron chi connectivity index (χ4n) is 1.74. The third kappa shape index (κ3) is 3.78. The van der Waals surface area contributed by atoms with Crippen LogP contribution in [-0.2, 0) is 4.79 Å². The lowest BCUT2D eigenvalue weighted by molar-refractivity contribution is -0.123. The van der Waals surface area contributed by atoms with Crippen molar-refractivity contribution in [2.45, 2.75) is 59.5 Å². The summed E-state index contributed by atoms with van der Waals surface area (Å²) in [6, 6.07) is 0.332. The van der Waals surface area contributed by atoms with Gasteiger partial charge in [0, 0.05) is 12.6 Å². The number of nitrogens with one attached hydrogen (secondary N) is 2. The van der Waals surface area contributed by atoms with E-state index in [9.17, 15) is 4.79 Å². The normalized spacial score (nSPS) is 21.6. The van der Waals surface area contributed by atoms with Gasteiger partial charge >= 0.3 is 0 Å². The maximum Gasteiger partial charge on any atom is 0.236 e. The minimum atomic E-state index is -0.0915. The zero-order valence-corrected chi connectivity index (χ0v) is 11.3. The van der Waals surface area contributed by atoms with Gasteiger partial charge in [-0.25, -0.2) is 0 Å². The second kappa shape index (κ2) is 5.17. The summed E-state index contributed by atoms with van der Waals surface area (Å²) >= 11 is 0. The van der Waals surface area contributed by atoms with Gasteiger partial charge in [0.05, 0.1) is 6.04 Å². The quantitative estimate of drug-likeness (QED) is 0.726. The van der Waals surface area contributed by atoms with Crippen LogP contribution < -0.4 is 10.6 Å². The van der Waals surface area contributed by atoms with Crippen molar-refractivity contribution in [1.29, 1.82) is 0 Å². The van der Waals surface area contributed by atoms with Crippen molar-refractivity contribution in [3.05, 3.63) is 0 Å². The molecule has 0 aliphatic heterocycles. The molecule has 0 spiro atoms. The zero-order chi connectivity index (χ0) is 12.3. The van der Waals surface area contributed by atoms with Crippen LogP contribution in [-0.4, -0.2) is 24.5 Å². The number of amides is 1. The molecule has 0 bridgehead atoms. The molecule has 0 heterocycles. The summed E-state index contributed by atoms with van der Waals surface area (Å²) in [5.41, 5.74) is 0.423. The van der Waals surface area contributed by atoms with Crippen LogP contribution in [0.1, 0.15) is 47.5 Å². The first-order chi connectivity index (χ1) is 7.35. The summed E-state index contributed by atoms with van der Waals surface area (Å²) in [6.45, 7) is 11.4. The molecular weight excluding hydrogens is 200 g/mol. The largest absolute Gasteiger partial charge is 0.354 e. The van der Waals surface area contributed by atoms with Crippen molar-refractivity contribution in [3.63, 3.8) is 0 Å². The summed E-state index contributed by atoms with van der Waals surface area (Å²) in [4.78, 5) is 11.8. The third-order valence-electron chi connectivity index (χ3n) is 3.66. The van der Waals surface area contributed by atoms with Gasteiger partial charge in [-0.3, -0.25) is 4.79 Å². The van der Waals surface area contributed by atoms with Crippen LogP contribution in [0.2, 0.25) is 0 Å². The average Bonchev–Trinajstić information content (AvgIpc) is 2.94. The van der Waals surface area contributed by atoms with Crippen molar-refractivity contribution < 1.29 is 4.79 Å². The van der Waals surface area contributed by atoms with Crippen LogP contribution in [0, 0.1) is 11.3 Å². The first-order valence-corrected chi connectivity index (χ1v) is 6.39. The molecule has 3 heteroatoms. The Bertz CT molecular complexity index is 246. The van der Waals surface area contributed by atoms with E-state index in [-0.39, 0.29) is 11.9 Å². The summed E-state index contributed by atoms with van der Waals surface area (Å²) in [5, 5.41) is 6.35. The monoisotopic (exact) mass is 226 g/mol. The number of rotatable bonds is 6. The molecule has 0 aromatic carbocycles. The zero-order valence-electron chi connectivity index (χ0n) is 11.3. The standard InChI is InChI=1S/C13H26N2O/c1-9(2)8-14-12(16)10(3)15-11(4)13(5)6-7-13/h9-11,15H,6-8H2,1-5H3,(H,14,16). The molecule has 1 rings (SSSR count). The lowest BCUT2D eigenvalue weighted by Crippen LogP contribution is -2.48. The maximum absolute atomic E-state index is 11.8. The van der Waals surface area contributed by atoms with Gasteiger partial charge in [-0.15, -0.1) is 0 Å². The van der Waals surface area contributed by atoms with E-state index in [1.807, 2.05) is 6.92 Å². The van der Waals surface area contributed by atoms with Crippen molar-refractivity contribution in [2.24, 2.45) is 11.3 Å². The van der Waals surface area contributed by atoms with Crippen LogP contribution >= 0.6 is 0 Å². The van der Waals surface area contributed by atoms with Crippen LogP contribution in [0.4, 0.5) is 0 Å². The number of carbonyl (C=O) groups excluding carboxylic acids is 1. The molecule has 0 aromatic heterocycles. The fourth-order valence-corrected chi connectivity index (χ4v) is 1.74. The second-order valence-corrected chi connectivity index (χ2v) is 5.90. The predicted octanol–water partition coefficient (Wildman–Crippen LogP) is 1.93. The van der Waals surface area contributed by atoms with Crippen molar-refractivity contribution >= 4 is 5.91 Å². The molecule has 0 radical (unpaired) electrons. The van der Waals surface area contributed by atoms with Gasteiger partial charge in [-0.1, -0.05) is 20.8 Å². The Balaban J connectivity index is 2.28. The Morgan fingerprint density at radius 1 is 1.25 bits per heavy atom. The van der Waals surface area contributed by atoms with E-state index in [2.05, 4.69) is 38.3 Å². The van der Waals surface area contributed by atoms with Gasteiger partial charge in [0.25, 0.3) is 0 Å². The van der Waals surface area contributed by atoms with Gasteiger partial charge < -0.3 is 10.6 Å². The van der Waals surface area contributed by atoms with Crippen LogP contribution in [0.5, 0.6) is 0 Å². The Morgan fingerprint density at radius 3 is 2.25 bits per heavy atom. The first-order valence-electron chi connectivity index (χ1n) is 6.39. The number of carbonyl (C=O) groups is 1.